The maximum absolute atomic E-state index is 13.2. The molecule has 0 atom stereocenters. The first kappa shape index (κ1) is 18.8. The van der Waals surface area contributed by atoms with Crippen LogP contribution in [0.5, 0.6) is 0 Å². The SMILES string of the molecule is O=CN(Cc1ccc(-c2nnc(C(F)(F)F)o2)cc1)c1ccc(F)c(Cl)c1. The molecule has 0 saturated heterocycles. The van der Waals surface area contributed by atoms with Gasteiger partial charge in [-0.1, -0.05) is 23.7 Å². The molecule has 0 radical (unpaired) electrons. The lowest BCUT2D eigenvalue weighted by molar-refractivity contribution is -0.156. The summed E-state index contributed by atoms with van der Waals surface area (Å²) < 4.78 is 55.4. The average molecular weight is 400 g/mol. The van der Waals surface area contributed by atoms with Gasteiger partial charge in [-0.05, 0) is 35.9 Å². The number of carbonyl (C=O) groups excluding carboxylic acids is 1. The average Bonchev–Trinajstić information content (AvgIpc) is 3.13. The van der Waals surface area contributed by atoms with Gasteiger partial charge in [0.25, 0.3) is 0 Å². The fourth-order valence-electron chi connectivity index (χ4n) is 2.26. The zero-order valence-electron chi connectivity index (χ0n) is 13.4. The molecule has 5 nitrogen and oxygen atoms in total. The molecular formula is C17H10ClF4N3O2. The number of hydrogen-bond acceptors (Lipinski definition) is 4. The molecule has 0 aliphatic carbocycles. The zero-order valence-corrected chi connectivity index (χ0v) is 14.1. The first-order valence-electron chi connectivity index (χ1n) is 7.45. The van der Waals surface area contributed by atoms with Crippen molar-refractivity contribution in [3.8, 4) is 11.5 Å². The minimum absolute atomic E-state index is 0.119. The van der Waals surface area contributed by atoms with Crippen LogP contribution in [0.1, 0.15) is 11.5 Å². The van der Waals surface area contributed by atoms with Crippen LogP contribution in [0.3, 0.4) is 0 Å². The third-order valence-corrected chi connectivity index (χ3v) is 3.87. The maximum Gasteiger partial charge on any atom is 0.470 e. The second kappa shape index (κ2) is 7.36. The maximum atomic E-state index is 13.2. The lowest BCUT2D eigenvalue weighted by Gasteiger charge is -2.18. The summed E-state index contributed by atoms with van der Waals surface area (Å²) in [6, 6.07) is 10.0. The summed E-state index contributed by atoms with van der Waals surface area (Å²) in [6.07, 6.45) is -4.16. The number of carbonyl (C=O) groups is 1. The van der Waals surface area contributed by atoms with Crippen LogP contribution in [-0.4, -0.2) is 16.6 Å². The van der Waals surface area contributed by atoms with Crippen molar-refractivity contribution in [3.63, 3.8) is 0 Å². The molecule has 140 valence electrons. The van der Waals surface area contributed by atoms with Gasteiger partial charge in [-0.2, -0.15) is 13.2 Å². The Labute approximate surface area is 155 Å². The van der Waals surface area contributed by atoms with Crippen molar-refractivity contribution in [2.24, 2.45) is 0 Å². The third-order valence-electron chi connectivity index (χ3n) is 3.58. The number of nitrogens with zero attached hydrogens (tertiary/aromatic N) is 3. The van der Waals surface area contributed by atoms with Crippen molar-refractivity contribution in [2.75, 3.05) is 4.90 Å². The third kappa shape index (κ3) is 4.25. The molecule has 0 spiro atoms. The van der Waals surface area contributed by atoms with Gasteiger partial charge in [-0.3, -0.25) is 4.79 Å². The minimum Gasteiger partial charge on any atom is -0.413 e. The quantitative estimate of drug-likeness (QED) is 0.460. The number of rotatable bonds is 5. The summed E-state index contributed by atoms with van der Waals surface area (Å²) >= 11 is 5.72. The molecule has 0 N–H and O–H groups in total. The molecule has 3 rings (SSSR count). The van der Waals surface area contributed by atoms with Crippen LogP contribution in [0.2, 0.25) is 5.02 Å². The fourth-order valence-corrected chi connectivity index (χ4v) is 2.43. The van der Waals surface area contributed by atoms with Crippen molar-refractivity contribution >= 4 is 23.7 Å². The van der Waals surface area contributed by atoms with Crippen LogP contribution < -0.4 is 4.90 Å². The van der Waals surface area contributed by atoms with Crippen molar-refractivity contribution in [2.45, 2.75) is 12.7 Å². The molecule has 10 heteroatoms. The zero-order chi connectivity index (χ0) is 19.6. The number of anilines is 1. The van der Waals surface area contributed by atoms with Gasteiger partial charge in [0.15, 0.2) is 0 Å². The molecule has 3 aromatic rings. The smallest absolute Gasteiger partial charge is 0.413 e. The lowest BCUT2D eigenvalue weighted by Crippen LogP contribution is -2.20. The number of alkyl halides is 3. The highest BCUT2D eigenvalue weighted by atomic mass is 35.5. The Balaban J connectivity index is 1.77. The number of amides is 1. The van der Waals surface area contributed by atoms with Gasteiger partial charge in [0.05, 0.1) is 11.6 Å². The molecule has 0 saturated carbocycles. The van der Waals surface area contributed by atoms with Crippen LogP contribution in [-0.2, 0) is 17.5 Å². The normalized spacial score (nSPS) is 11.4. The molecule has 0 fully saturated rings. The standard InChI is InChI=1S/C17H10ClF4N3O2/c18-13-7-12(5-6-14(13)19)25(9-26)8-10-1-3-11(4-2-10)15-23-24-16(27-15)17(20,21)22/h1-7,9H,8H2. The van der Waals surface area contributed by atoms with E-state index in [9.17, 15) is 22.4 Å². The van der Waals surface area contributed by atoms with Crippen LogP contribution >= 0.6 is 11.6 Å². The summed E-state index contributed by atoms with van der Waals surface area (Å²) in [7, 11) is 0. The Hall–Kier alpha value is -2.94. The van der Waals surface area contributed by atoms with Gasteiger partial charge >= 0.3 is 12.1 Å². The summed E-state index contributed by atoms with van der Waals surface area (Å²) in [5.41, 5.74) is 1.36. The van der Waals surface area contributed by atoms with E-state index in [1.54, 1.807) is 12.1 Å². The second-order valence-electron chi connectivity index (χ2n) is 5.44. The number of benzene rings is 2. The summed E-state index contributed by atoms with van der Waals surface area (Å²) in [5, 5.41) is 6.22. The Morgan fingerprint density at radius 1 is 1.11 bits per heavy atom. The Morgan fingerprint density at radius 3 is 2.37 bits per heavy atom. The van der Waals surface area contributed by atoms with Crippen LogP contribution in [0.25, 0.3) is 11.5 Å². The van der Waals surface area contributed by atoms with Crippen molar-refractivity contribution in [3.05, 3.63) is 64.8 Å². The van der Waals surface area contributed by atoms with Gasteiger partial charge in [0, 0.05) is 11.3 Å². The second-order valence-corrected chi connectivity index (χ2v) is 5.85. The molecule has 0 aliphatic heterocycles. The number of hydrogen-bond donors (Lipinski definition) is 0. The van der Waals surface area contributed by atoms with Crippen molar-refractivity contribution in [1.82, 2.24) is 10.2 Å². The van der Waals surface area contributed by atoms with E-state index in [4.69, 9.17) is 11.6 Å². The molecule has 0 unspecified atom stereocenters. The van der Waals surface area contributed by atoms with Crippen molar-refractivity contribution < 1.29 is 26.8 Å². The van der Waals surface area contributed by atoms with E-state index >= 15 is 0 Å². The molecular weight excluding hydrogens is 390 g/mol. The summed E-state index contributed by atoms with van der Waals surface area (Å²) in [4.78, 5) is 12.6. The summed E-state index contributed by atoms with van der Waals surface area (Å²) in [6.45, 7) is 0.142. The highest BCUT2D eigenvalue weighted by molar-refractivity contribution is 6.31. The summed E-state index contributed by atoms with van der Waals surface area (Å²) in [5.74, 6) is -2.30. The Kier molecular flexibility index (Phi) is 5.13. The van der Waals surface area contributed by atoms with E-state index in [1.807, 2.05) is 0 Å². The fraction of sp³-hybridized carbons (Fsp3) is 0.118. The number of halogens is 5. The Bertz CT molecular complexity index is 958. The molecule has 1 amide bonds. The van der Waals surface area contributed by atoms with E-state index < -0.39 is 17.9 Å². The molecule has 2 aromatic carbocycles. The van der Waals surface area contributed by atoms with Gasteiger partial charge in [-0.15, -0.1) is 10.2 Å². The highest BCUT2D eigenvalue weighted by Crippen LogP contribution is 2.30. The molecule has 0 aliphatic rings. The van der Waals surface area contributed by atoms with Gasteiger partial charge in [-0.25, -0.2) is 4.39 Å². The highest BCUT2D eigenvalue weighted by Gasteiger charge is 2.38. The molecule has 1 aromatic heterocycles. The molecule has 27 heavy (non-hydrogen) atoms. The van der Waals surface area contributed by atoms with Crippen molar-refractivity contribution in [1.29, 1.82) is 0 Å². The van der Waals surface area contributed by atoms with Crippen LogP contribution in [0, 0.1) is 5.82 Å². The molecule has 1 heterocycles. The molecule has 0 bridgehead atoms. The first-order valence-corrected chi connectivity index (χ1v) is 7.83. The predicted molar refractivity (Wildman–Crippen MR) is 88.4 cm³/mol. The lowest BCUT2D eigenvalue weighted by atomic mass is 10.1. The van der Waals surface area contributed by atoms with Gasteiger partial charge in [0.2, 0.25) is 12.3 Å². The Morgan fingerprint density at radius 2 is 1.81 bits per heavy atom. The largest absolute Gasteiger partial charge is 0.470 e. The van der Waals surface area contributed by atoms with Crippen LogP contribution in [0.15, 0.2) is 46.9 Å². The van der Waals surface area contributed by atoms with E-state index in [0.29, 0.717) is 23.2 Å². The van der Waals surface area contributed by atoms with E-state index in [2.05, 4.69) is 14.6 Å². The van der Waals surface area contributed by atoms with E-state index in [0.717, 1.165) is 6.07 Å². The van der Waals surface area contributed by atoms with Gasteiger partial charge < -0.3 is 9.32 Å². The van der Waals surface area contributed by atoms with Gasteiger partial charge in [0.1, 0.15) is 5.82 Å². The first-order chi connectivity index (χ1) is 12.8. The van der Waals surface area contributed by atoms with E-state index in [1.165, 1.54) is 29.2 Å². The topological polar surface area (TPSA) is 59.2 Å². The minimum atomic E-state index is -4.72. The number of aromatic nitrogens is 2. The predicted octanol–water partition coefficient (Wildman–Crippen LogP) is 4.71. The monoisotopic (exact) mass is 399 g/mol. The van der Waals surface area contributed by atoms with E-state index in [-0.39, 0.29) is 17.5 Å². The van der Waals surface area contributed by atoms with Crippen LogP contribution in [0.4, 0.5) is 23.2 Å².